The van der Waals surface area contributed by atoms with Gasteiger partial charge in [0.15, 0.2) is 5.82 Å². The molecule has 1 aromatic carbocycles. The molecular formula is C13H13N5. The fourth-order valence-electron chi connectivity index (χ4n) is 1.91. The van der Waals surface area contributed by atoms with Crippen LogP contribution < -0.4 is 5.73 Å². The van der Waals surface area contributed by atoms with Gasteiger partial charge in [0, 0.05) is 16.6 Å². The highest BCUT2D eigenvalue weighted by atomic mass is 15.1. The molecule has 5 nitrogen and oxygen atoms in total. The Kier molecular flexibility index (Phi) is 2.26. The van der Waals surface area contributed by atoms with Crippen molar-refractivity contribution in [1.82, 2.24) is 20.2 Å². The Labute approximate surface area is 104 Å². The predicted molar refractivity (Wildman–Crippen MR) is 71.0 cm³/mol. The van der Waals surface area contributed by atoms with Gasteiger partial charge < -0.3 is 5.73 Å². The standard InChI is InChI=1S/C13H13N5/c1-7-8(2)17-18-11(7)13-15-10-6-4-3-5-9(10)12(14)16-13/h3-6H,1-2H3,(H,17,18)(H2,14,15,16). The molecular weight excluding hydrogens is 226 g/mol. The number of nitrogen functional groups attached to an aromatic ring is 1. The van der Waals surface area contributed by atoms with Gasteiger partial charge in [0.2, 0.25) is 0 Å². The molecule has 0 spiro atoms. The van der Waals surface area contributed by atoms with Crippen LogP contribution in [0.3, 0.4) is 0 Å². The van der Waals surface area contributed by atoms with Crippen LogP contribution >= 0.6 is 0 Å². The van der Waals surface area contributed by atoms with Crippen molar-refractivity contribution < 1.29 is 0 Å². The number of nitrogens with two attached hydrogens (primary N) is 1. The normalized spacial score (nSPS) is 11.0. The van der Waals surface area contributed by atoms with E-state index in [0.717, 1.165) is 27.9 Å². The van der Waals surface area contributed by atoms with Crippen molar-refractivity contribution in [2.75, 3.05) is 5.73 Å². The second-order valence-electron chi connectivity index (χ2n) is 4.27. The second-order valence-corrected chi connectivity index (χ2v) is 4.27. The lowest BCUT2D eigenvalue weighted by Crippen LogP contribution is -1.98. The van der Waals surface area contributed by atoms with Gasteiger partial charge in [0.25, 0.3) is 0 Å². The van der Waals surface area contributed by atoms with Crippen molar-refractivity contribution in [2.45, 2.75) is 13.8 Å². The molecule has 0 aliphatic heterocycles. The van der Waals surface area contributed by atoms with Crippen LogP contribution in [-0.2, 0) is 0 Å². The molecule has 0 unspecified atom stereocenters. The largest absolute Gasteiger partial charge is 0.383 e. The molecule has 0 saturated heterocycles. The van der Waals surface area contributed by atoms with Gasteiger partial charge in [-0.3, -0.25) is 5.10 Å². The SMILES string of the molecule is Cc1[nH]nc(-c2nc(N)c3ccccc3n2)c1C. The number of aromatic nitrogens is 4. The van der Waals surface area contributed by atoms with Crippen LogP contribution in [0.15, 0.2) is 24.3 Å². The number of nitrogens with one attached hydrogen (secondary N) is 1. The summed E-state index contributed by atoms with van der Waals surface area (Å²) in [4.78, 5) is 8.84. The van der Waals surface area contributed by atoms with Gasteiger partial charge in [-0.05, 0) is 26.0 Å². The molecule has 2 aromatic heterocycles. The van der Waals surface area contributed by atoms with Gasteiger partial charge in [-0.1, -0.05) is 12.1 Å². The number of aryl methyl sites for hydroxylation is 1. The number of hydrogen-bond acceptors (Lipinski definition) is 4. The Morgan fingerprint density at radius 3 is 2.61 bits per heavy atom. The average Bonchev–Trinajstić information content (AvgIpc) is 2.70. The van der Waals surface area contributed by atoms with Gasteiger partial charge >= 0.3 is 0 Å². The van der Waals surface area contributed by atoms with Gasteiger partial charge in [-0.2, -0.15) is 5.10 Å². The van der Waals surface area contributed by atoms with Crippen molar-refractivity contribution in [3.8, 4) is 11.5 Å². The van der Waals surface area contributed by atoms with E-state index >= 15 is 0 Å². The quantitative estimate of drug-likeness (QED) is 0.682. The van der Waals surface area contributed by atoms with Crippen LogP contribution in [0.4, 0.5) is 5.82 Å². The third-order valence-electron chi connectivity index (χ3n) is 3.10. The van der Waals surface area contributed by atoms with Crippen molar-refractivity contribution in [3.05, 3.63) is 35.5 Å². The van der Waals surface area contributed by atoms with Gasteiger partial charge in [-0.15, -0.1) is 0 Å². The molecule has 0 amide bonds. The zero-order valence-corrected chi connectivity index (χ0v) is 10.2. The number of para-hydroxylation sites is 1. The molecule has 2 heterocycles. The maximum Gasteiger partial charge on any atom is 0.182 e. The average molecular weight is 239 g/mol. The van der Waals surface area contributed by atoms with Crippen LogP contribution in [0.2, 0.25) is 0 Å². The number of hydrogen-bond donors (Lipinski definition) is 2. The molecule has 18 heavy (non-hydrogen) atoms. The number of benzene rings is 1. The van der Waals surface area contributed by atoms with E-state index in [1.54, 1.807) is 0 Å². The fraction of sp³-hybridized carbons (Fsp3) is 0.154. The molecule has 3 rings (SSSR count). The van der Waals surface area contributed by atoms with E-state index in [0.29, 0.717) is 11.6 Å². The molecule has 0 fully saturated rings. The predicted octanol–water partition coefficient (Wildman–Crippen LogP) is 2.22. The Bertz CT molecular complexity index is 729. The van der Waals surface area contributed by atoms with E-state index in [9.17, 15) is 0 Å². The van der Waals surface area contributed by atoms with Crippen LogP contribution in [0.25, 0.3) is 22.4 Å². The first-order valence-electron chi connectivity index (χ1n) is 5.71. The first kappa shape index (κ1) is 10.7. The van der Waals surface area contributed by atoms with Crippen molar-refractivity contribution in [2.24, 2.45) is 0 Å². The van der Waals surface area contributed by atoms with Gasteiger partial charge in [0.05, 0.1) is 5.52 Å². The minimum Gasteiger partial charge on any atom is -0.383 e. The zero-order chi connectivity index (χ0) is 12.7. The molecule has 90 valence electrons. The molecule has 0 aliphatic carbocycles. The smallest absolute Gasteiger partial charge is 0.182 e. The number of nitrogens with zero attached hydrogens (tertiary/aromatic N) is 3. The first-order valence-corrected chi connectivity index (χ1v) is 5.71. The second kappa shape index (κ2) is 3.80. The van der Waals surface area contributed by atoms with Crippen LogP contribution in [-0.4, -0.2) is 20.2 Å². The molecule has 0 bridgehead atoms. The number of fused-ring (bicyclic) bond motifs is 1. The summed E-state index contributed by atoms with van der Waals surface area (Å²) in [6.07, 6.45) is 0. The minimum absolute atomic E-state index is 0.482. The van der Waals surface area contributed by atoms with Crippen LogP contribution in [0.1, 0.15) is 11.3 Å². The summed E-state index contributed by atoms with van der Waals surface area (Å²) in [6, 6.07) is 7.69. The summed E-state index contributed by atoms with van der Waals surface area (Å²) >= 11 is 0. The van der Waals surface area contributed by atoms with Crippen molar-refractivity contribution in [1.29, 1.82) is 0 Å². The Morgan fingerprint density at radius 2 is 1.89 bits per heavy atom. The van der Waals surface area contributed by atoms with E-state index < -0.39 is 0 Å². The maximum absolute atomic E-state index is 5.96. The highest BCUT2D eigenvalue weighted by Crippen LogP contribution is 2.24. The number of H-pyrrole nitrogens is 1. The summed E-state index contributed by atoms with van der Waals surface area (Å²) < 4.78 is 0. The molecule has 0 atom stereocenters. The lowest BCUT2D eigenvalue weighted by molar-refractivity contribution is 1.04. The number of rotatable bonds is 1. The molecule has 5 heteroatoms. The molecule has 3 aromatic rings. The summed E-state index contributed by atoms with van der Waals surface area (Å²) in [5.41, 5.74) is 9.61. The summed E-state index contributed by atoms with van der Waals surface area (Å²) in [5.74, 6) is 1.05. The lowest BCUT2D eigenvalue weighted by Gasteiger charge is -2.03. The van der Waals surface area contributed by atoms with E-state index in [4.69, 9.17) is 5.73 Å². The number of anilines is 1. The summed E-state index contributed by atoms with van der Waals surface area (Å²) in [6.45, 7) is 3.96. The monoisotopic (exact) mass is 239 g/mol. The maximum atomic E-state index is 5.96. The first-order chi connectivity index (χ1) is 8.66. The zero-order valence-electron chi connectivity index (χ0n) is 10.2. The molecule has 3 N–H and O–H groups in total. The van der Waals surface area contributed by atoms with Crippen molar-refractivity contribution >= 4 is 16.7 Å². The van der Waals surface area contributed by atoms with E-state index in [-0.39, 0.29) is 0 Å². The lowest BCUT2D eigenvalue weighted by atomic mass is 10.2. The number of aromatic amines is 1. The van der Waals surface area contributed by atoms with Crippen molar-refractivity contribution in [3.63, 3.8) is 0 Å². The summed E-state index contributed by atoms with van der Waals surface area (Å²) in [7, 11) is 0. The van der Waals surface area contributed by atoms with E-state index in [1.807, 2.05) is 38.1 Å². The highest BCUT2D eigenvalue weighted by Gasteiger charge is 2.13. The van der Waals surface area contributed by atoms with E-state index in [1.165, 1.54) is 0 Å². The van der Waals surface area contributed by atoms with Gasteiger partial charge in [0.1, 0.15) is 11.5 Å². The molecule has 0 aliphatic rings. The minimum atomic E-state index is 0.482. The molecule has 0 saturated carbocycles. The fourth-order valence-corrected chi connectivity index (χ4v) is 1.91. The summed E-state index contributed by atoms with van der Waals surface area (Å²) in [5, 5.41) is 8.03. The topological polar surface area (TPSA) is 80.5 Å². The van der Waals surface area contributed by atoms with Crippen LogP contribution in [0.5, 0.6) is 0 Å². The highest BCUT2D eigenvalue weighted by molar-refractivity contribution is 5.89. The Morgan fingerprint density at radius 1 is 1.11 bits per heavy atom. The van der Waals surface area contributed by atoms with Crippen LogP contribution in [0, 0.1) is 13.8 Å². The third kappa shape index (κ3) is 1.52. The van der Waals surface area contributed by atoms with E-state index in [2.05, 4.69) is 20.2 Å². The Hall–Kier alpha value is -2.43. The third-order valence-corrected chi connectivity index (χ3v) is 3.10. The Balaban J connectivity index is 2.28. The molecule has 0 radical (unpaired) electrons. The van der Waals surface area contributed by atoms with Gasteiger partial charge in [-0.25, -0.2) is 9.97 Å².